The van der Waals surface area contributed by atoms with E-state index in [2.05, 4.69) is 131 Å². The molecule has 0 aliphatic carbocycles. The second-order valence-corrected chi connectivity index (χ2v) is 12.1. The molecule has 0 saturated carbocycles. The molecule has 0 bridgehead atoms. The van der Waals surface area contributed by atoms with Crippen LogP contribution in [0, 0.1) is 22.7 Å². The number of aromatic nitrogens is 2. The normalized spacial score (nSPS) is 12.3. The van der Waals surface area contributed by atoms with E-state index in [4.69, 9.17) is 0 Å². The van der Waals surface area contributed by atoms with Gasteiger partial charge in [-0.2, -0.15) is 10.5 Å². The van der Waals surface area contributed by atoms with E-state index in [1.54, 1.807) is 6.08 Å². The number of rotatable bonds is 6. The maximum atomic E-state index is 10.5. The highest BCUT2D eigenvalue weighted by Crippen LogP contribution is 2.41. The molecular weight excluding hydrogens is 597 g/mol. The van der Waals surface area contributed by atoms with Crippen LogP contribution in [0.25, 0.3) is 66.1 Å². The molecule has 8 aromatic rings. The van der Waals surface area contributed by atoms with Gasteiger partial charge in [0.2, 0.25) is 0 Å². The van der Waals surface area contributed by atoms with Gasteiger partial charge < -0.3 is 9.13 Å². The van der Waals surface area contributed by atoms with E-state index in [0.717, 1.165) is 66.5 Å². The average molecular weight is 627 g/mol. The summed E-state index contributed by atoms with van der Waals surface area (Å²) in [5.74, 6) is 0. The highest BCUT2D eigenvalue weighted by atomic mass is 15.0. The Balaban J connectivity index is 1.40. The smallest absolute Gasteiger partial charge is 0.0991 e. The number of benzene rings is 6. The molecule has 0 aliphatic heterocycles. The Kier molecular flexibility index (Phi) is 7.26. The Bertz CT molecular complexity index is 2660. The molecule has 0 saturated heterocycles. The van der Waals surface area contributed by atoms with E-state index in [9.17, 15) is 10.5 Å². The summed E-state index contributed by atoms with van der Waals surface area (Å²) in [6.07, 6.45) is 3.71. The molecule has 0 spiro atoms. The molecule has 2 aromatic heterocycles. The lowest BCUT2D eigenvalue weighted by molar-refractivity contribution is 1.17. The van der Waals surface area contributed by atoms with E-state index < -0.39 is 0 Å². The predicted octanol–water partition coefficient (Wildman–Crippen LogP) is 11.3. The molecule has 0 N–H and O–H groups in total. The Morgan fingerprint density at radius 2 is 1.14 bits per heavy atom. The van der Waals surface area contributed by atoms with Crippen LogP contribution in [0.1, 0.15) is 23.6 Å². The number of allylic oxidation sites excluding steroid dienone is 5. The summed E-state index contributed by atoms with van der Waals surface area (Å²) in [5, 5.41) is 25.2. The molecule has 0 amide bonds. The molecule has 0 unspecified atom stereocenters. The predicted molar refractivity (Wildman–Crippen MR) is 203 cm³/mol. The molecule has 230 valence electrons. The van der Waals surface area contributed by atoms with Crippen LogP contribution in [0.2, 0.25) is 0 Å². The van der Waals surface area contributed by atoms with E-state index in [-0.39, 0.29) is 0 Å². The summed E-state index contributed by atoms with van der Waals surface area (Å²) >= 11 is 0. The fourth-order valence-corrected chi connectivity index (χ4v) is 7.26. The van der Waals surface area contributed by atoms with Crippen LogP contribution in [0.15, 0.2) is 164 Å². The van der Waals surface area contributed by atoms with Gasteiger partial charge >= 0.3 is 0 Å². The third-order valence-corrected chi connectivity index (χ3v) is 9.31. The van der Waals surface area contributed by atoms with Crippen molar-refractivity contribution in [3.05, 3.63) is 181 Å². The maximum Gasteiger partial charge on any atom is 0.0991 e. The van der Waals surface area contributed by atoms with Crippen molar-refractivity contribution in [3.8, 4) is 23.5 Å². The van der Waals surface area contributed by atoms with E-state index in [1.807, 2.05) is 49.4 Å². The summed E-state index contributed by atoms with van der Waals surface area (Å²) in [7, 11) is 0. The quantitative estimate of drug-likeness (QED) is 0.136. The Morgan fingerprint density at radius 3 is 1.65 bits per heavy atom. The standard InChI is InChI=1S/C45H30N4/c1-3-13-38(39-26-31(29-47)24-25-44(39)49-42-22-10-6-18-36(42)37-19-7-11-23-43(37)49)45(30(2)28-46)32-14-12-15-33(27-32)48-40-20-8-4-16-34(40)35-17-5-9-21-41(35)48/h3-27H,1H2,2H3/b38-13-,45-30+. The second-order valence-electron chi connectivity index (χ2n) is 12.1. The Labute approximate surface area is 284 Å². The SMILES string of the molecule is C=C/C=C(\C(=C(/C)C#N)c1cccc(-n2c3ccccc3c3ccccc32)c1)c1cc(C#N)ccc1-n1c2ccccc2c2ccccc21. The number of hydrogen-bond donors (Lipinski definition) is 0. The van der Waals surface area contributed by atoms with Gasteiger partial charge in [-0.1, -0.05) is 104 Å². The van der Waals surface area contributed by atoms with Crippen LogP contribution in [-0.4, -0.2) is 9.13 Å². The van der Waals surface area contributed by atoms with Gasteiger partial charge in [-0.05, 0) is 72.7 Å². The topological polar surface area (TPSA) is 57.4 Å². The number of nitrogens with zero attached hydrogens (tertiary/aromatic N) is 4. The van der Waals surface area contributed by atoms with Gasteiger partial charge in [-0.3, -0.25) is 0 Å². The minimum Gasteiger partial charge on any atom is -0.309 e. The third-order valence-electron chi connectivity index (χ3n) is 9.31. The number of nitriles is 2. The van der Waals surface area contributed by atoms with Gasteiger partial charge in [0.05, 0.1) is 45.5 Å². The second kappa shape index (κ2) is 12.0. The lowest BCUT2D eigenvalue weighted by Crippen LogP contribution is -2.03. The van der Waals surface area contributed by atoms with Crippen molar-refractivity contribution in [3.63, 3.8) is 0 Å². The largest absolute Gasteiger partial charge is 0.309 e. The molecule has 8 rings (SSSR count). The Morgan fingerprint density at radius 1 is 0.612 bits per heavy atom. The molecule has 2 heterocycles. The first-order valence-corrected chi connectivity index (χ1v) is 16.2. The van der Waals surface area contributed by atoms with E-state index in [0.29, 0.717) is 11.1 Å². The molecule has 0 radical (unpaired) electrons. The molecule has 4 nitrogen and oxygen atoms in total. The molecule has 0 atom stereocenters. The highest BCUT2D eigenvalue weighted by Gasteiger charge is 2.22. The third kappa shape index (κ3) is 4.75. The van der Waals surface area contributed by atoms with Crippen molar-refractivity contribution < 1.29 is 0 Å². The first-order chi connectivity index (χ1) is 24.1. The summed E-state index contributed by atoms with van der Waals surface area (Å²) in [5.41, 5.74) is 10.6. The van der Waals surface area contributed by atoms with Crippen LogP contribution >= 0.6 is 0 Å². The monoisotopic (exact) mass is 626 g/mol. The number of para-hydroxylation sites is 4. The summed E-state index contributed by atoms with van der Waals surface area (Å²) < 4.78 is 4.54. The van der Waals surface area contributed by atoms with Gasteiger partial charge in [0, 0.05) is 43.9 Å². The van der Waals surface area contributed by atoms with Crippen LogP contribution in [0.4, 0.5) is 0 Å². The van der Waals surface area contributed by atoms with Crippen LogP contribution in [-0.2, 0) is 0 Å². The summed E-state index contributed by atoms with van der Waals surface area (Å²) in [6.45, 7) is 5.95. The van der Waals surface area contributed by atoms with Crippen LogP contribution in [0.5, 0.6) is 0 Å². The number of fused-ring (bicyclic) bond motifs is 6. The fourth-order valence-electron chi connectivity index (χ4n) is 7.26. The molecule has 4 heteroatoms. The van der Waals surface area contributed by atoms with Gasteiger partial charge in [-0.15, -0.1) is 0 Å². The van der Waals surface area contributed by atoms with Crippen molar-refractivity contribution >= 4 is 54.8 Å². The highest BCUT2D eigenvalue weighted by molar-refractivity contribution is 6.13. The lowest BCUT2D eigenvalue weighted by atomic mass is 9.87. The zero-order valence-corrected chi connectivity index (χ0v) is 26.9. The van der Waals surface area contributed by atoms with Gasteiger partial charge in [0.25, 0.3) is 0 Å². The fraction of sp³-hybridized carbons (Fsp3) is 0.0222. The maximum absolute atomic E-state index is 10.5. The van der Waals surface area contributed by atoms with Crippen LogP contribution < -0.4 is 0 Å². The van der Waals surface area contributed by atoms with E-state index >= 15 is 0 Å². The van der Waals surface area contributed by atoms with Crippen molar-refractivity contribution in [2.45, 2.75) is 6.92 Å². The average Bonchev–Trinajstić information content (AvgIpc) is 3.67. The van der Waals surface area contributed by atoms with Crippen molar-refractivity contribution in [2.75, 3.05) is 0 Å². The molecular formula is C45H30N4. The van der Waals surface area contributed by atoms with E-state index in [1.165, 1.54) is 10.8 Å². The molecule has 0 fully saturated rings. The zero-order valence-electron chi connectivity index (χ0n) is 26.9. The molecule has 0 aliphatic rings. The Hall–Kier alpha value is -6.88. The minimum absolute atomic E-state index is 0.530. The van der Waals surface area contributed by atoms with Gasteiger partial charge in [0.1, 0.15) is 0 Å². The molecule has 49 heavy (non-hydrogen) atoms. The van der Waals surface area contributed by atoms with Gasteiger partial charge in [-0.25, -0.2) is 0 Å². The van der Waals surface area contributed by atoms with Gasteiger partial charge in [0.15, 0.2) is 0 Å². The lowest BCUT2D eigenvalue weighted by Gasteiger charge is -2.20. The first kappa shape index (κ1) is 29.5. The van der Waals surface area contributed by atoms with Crippen molar-refractivity contribution in [1.29, 1.82) is 10.5 Å². The minimum atomic E-state index is 0.530. The van der Waals surface area contributed by atoms with Crippen molar-refractivity contribution in [1.82, 2.24) is 9.13 Å². The number of hydrogen-bond acceptors (Lipinski definition) is 2. The van der Waals surface area contributed by atoms with Crippen LogP contribution in [0.3, 0.4) is 0 Å². The molecule has 6 aromatic carbocycles. The zero-order chi connectivity index (χ0) is 33.5. The first-order valence-electron chi connectivity index (χ1n) is 16.2. The summed E-state index contributed by atoms with van der Waals surface area (Å²) in [4.78, 5) is 0. The van der Waals surface area contributed by atoms with Crippen molar-refractivity contribution in [2.24, 2.45) is 0 Å². The summed E-state index contributed by atoms with van der Waals surface area (Å²) in [6, 6.07) is 52.6.